The predicted octanol–water partition coefficient (Wildman–Crippen LogP) is 2.33. The van der Waals surface area contributed by atoms with Crippen LogP contribution in [-0.2, 0) is 0 Å². The quantitative estimate of drug-likeness (QED) is 0.794. The van der Waals surface area contributed by atoms with Crippen molar-refractivity contribution in [3.8, 4) is 0 Å². The molecule has 2 atom stereocenters. The maximum Gasteiger partial charge on any atom is 0.0582 e. The highest BCUT2D eigenvalue weighted by atomic mass is 16.3. The van der Waals surface area contributed by atoms with Gasteiger partial charge in [0.05, 0.1) is 6.61 Å². The molecule has 2 heteroatoms. The Balaban J connectivity index is 2.80. The summed E-state index contributed by atoms with van der Waals surface area (Å²) < 4.78 is 0. The van der Waals surface area contributed by atoms with E-state index < -0.39 is 0 Å². The van der Waals surface area contributed by atoms with Gasteiger partial charge in [0, 0.05) is 12.1 Å². The average molecular weight is 207 g/mol. The molecule has 0 bridgehead atoms. The molecule has 1 aromatic carbocycles. The Hall–Kier alpha value is -0.860. The lowest BCUT2D eigenvalue weighted by atomic mass is 9.99. The predicted molar refractivity (Wildman–Crippen MR) is 64.0 cm³/mol. The van der Waals surface area contributed by atoms with Crippen LogP contribution in [0.3, 0.4) is 0 Å². The molecular formula is C13H21NO. The highest BCUT2D eigenvalue weighted by molar-refractivity contribution is 5.32. The summed E-state index contributed by atoms with van der Waals surface area (Å²) in [5.74, 6) is 0. The third-order valence-electron chi connectivity index (χ3n) is 2.71. The number of hydrogen-bond acceptors (Lipinski definition) is 2. The molecule has 84 valence electrons. The first kappa shape index (κ1) is 12.2. The third-order valence-corrected chi connectivity index (χ3v) is 2.71. The Labute approximate surface area is 92.3 Å². The fourth-order valence-electron chi connectivity index (χ4n) is 1.80. The Bertz CT molecular complexity index is 322. The van der Waals surface area contributed by atoms with E-state index in [1.165, 1.54) is 16.7 Å². The van der Waals surface area contributed by atoms with Gasteiger partial charge < -0.3 is 10.4 Å². The average Bonchev–Trinajstić information content (AvgIpc) is 2.21. The third kappa shape index (κ3) is 3.33. The first-order chi connectivity index (χ1) is 7.04. The molecule has 1 unspecified atom stereocenters. The summed E-state index contributed by atoms with van der Waals surface area (Å²) in [7, 11) is 0. The number of aliphatic hydroxyl groups excluding tert-OH is 1. The molecule has 0 heterocycles. The summed E-state index contributed by atoms with van der Waals surface area (Å²) in [6, 6.07) is 6.90. The molecule has 15 heavy (non-hydrogen) atoms. The lowest BCUT2D eigenvalue weighted by molar-refractivity contribution is 0.243. The van der Waals surface area contributed by atoms with E-state index in [2.05, 4.69) is 44.3 Å². The number of aryl methyl sites for hydroxylation is 2. The minimum Gasteiger partial charge on any atom is -0.395 e. The molecule has 0 saturated carbocycles. The van der Waals surface area contributed by atoms with E-state index in [1.807, 2.05) is 6.92 Å². The zero-order valence-corrected chi connectivity index (χ0v) is 10.0. The molecule has 0 spiro atoms. The minimum atomic E-state index is 0.139. The molecule has 2 nitrogen and oxygen atoms in total. The van der Waals surface area contributed by atoms with Crippen molar-refractivity contribution < 1.29 is 5.11 Å². The molecule has 1 rings (SSSR count). The Morgan fingerprint density at radius 3 is 2.53 bits per heavy atom. The zero-order chi connectivity index (χ0) is 11.4. The van der Waals surface area contributed by atoms with E-state index in [1.54, 1.807) is 0 Å². The van der Waals surface area contributed by atoms with Crippen LogP contribution in [0.15, 0.2) is 18.2 Å². The van der Waals surface area contributed by atoms with Gasteiger partial charge in [-0.3, -0.25) is 0 Å². The summed E-state index contributed by atoms with van der Waals surface area (Å²) in [6.45, 7) is 8.52. The van der Waals surface area contributed by atoms with E-state index in [4.69, 9.17) is 5.11 Å². The van der Waals surface area contributed by atoms with E-state index >= 15 is 0 Å². The van der Waals surface area contributed by atoms with Crippen molar-refractivity contribution in [1.29, 1.82) is 0 Å². The Morgan fingerprint density at radius 2 is 1.93 bits per heavy atom. The zero-order valence-electron chi connectivity index (χ0n) is 10.0. The molecule has 1 aromatic rings. The van der Waals surface area contributed by atoms with Crippen molar-refractivity contribution in [2.24, 2.45) is 0 Å². The molecule has 0 aliphatic heterocycles. The standard InChI is InChI=1S/C13H21NO/c1-9-5-6-10(2)13(7-9)12(4)14-11(3)8-15/h5-7,11-12,14-15H,8H2,1-4H3/t11-,12?/m0/s1. The normalized spacial score (nSPS) is 15.0. The van der Waals surface area contributed by atoms with Crippen molar-refractivity contribution in [2.75, 3.05) is 6.61 Å². The second kappa shape index (κ2) is 5.29. The van der Waals surface area contributed by atoms with Gasteiger partial charge >= 0.3 is 0 Å². The smallest absolute Gasteiger partial charge is 0.0582 e. The molecule has 2 N–H and O–H groups in total. The van der Waals surface area contributed by atoms with Crippen molar-refractivity contribution in [2.45, 2.75) is 39.8 Å². The molecule has 0 aliphatic rings. The summed E-state index contributed by atoms with van der Waals surface area (Å²) in [5.41, 5.74) is 3.89. The topological polar surface area (TPSA) is 32.3 Å². The largest absolute Gasteiger partial charge is 0.395 e. The summed E-state index contributed by atoms with van der Waals surface area (Å²) in [5, 5.41) is 12.4. The second-order valence-electron chi connectivity index (χ2n) is 4.33. The van der Waals surface area contributed by atoms with Gasteiger partial charge in [-0.15, -0.1) is 0 Å². The van der Waals surface area contributed by atoms with Gasteiger partial charge in [-0.25, -0.2) is 0 Å². The number of hydrogen-bond donors (Lipinski definition) is 2. The van der Waals surface area contributed by atoms with Crippen molar-refractivity contribution in [1.82, 2.24) is 5.32 Å². The van der Waals surface area contributed by atoms with Gasteiger partial charge in [-0.2, -0.15) is 0 Å². The summed E-state index contributed by atoms with van der Waals surface area (Å²) >= 11 is 0. The van der Waals surface area contributed by atoms with Gasteiger partial charge in [0.2, 0.25) is 0 Å². The van der Waals surface area contributed by atoms with Crippen molar-refractivity contribution >= 4 is 0 Å². The van der Waals surface area contributed by atoms with Gasteiger partial charge in [-0.05, 0) is 38.8 Å². The Morgan fingerprint density at radius 1 is 1.27 bits per heavy atom. The van der Waals surface area contributed by atoms with Gasteiger partial charge in [0.15, 0.2) is 0 Å². The highest BCUT2D eigenvalue weighted by Gasteiger charge is 2.10. The Kier molecular flexibility index (Phi) is 4.30. The molecule has 0 aliphatic carbocycles. The maximum atomic E-state index is 8.99. The molecular weight excluding hydrogens is 186 g/mol. The lowest BCUT2D eigenvalue weighted by Crippen LogP contribution is -2.32. The number of aliphatic hydroxyl groups is 1. The fourth-order valence-corrected chi connectivity index (χ4v) is 1.80. The number of benzene rings is 1. The molecule has 0 amide bonds. The van der Waals surface area contributed by atoms with Crippen LogP contribution in [0.5, 0.6) is 0 Å². The van der Waals surface area contributed by atoms with Crippen LogP contribution in [-0.4, -0.2) is 17.8 Å². The first-order valence-electron chi connectivity index (χ1n) is 5.48. The van der Waals surface area contributed by atoms with Gasteiger partial charge in [0.25, 0.3) is 0 Å². The van der Waals surface area contributed by atoms with E-state index in [-0.39, 0.29) is 18.7 Å². The van der Waals surface area contributed by atoms with Crippen LogP contribution in [0, 0.1) is 13.8 Å². The monoisotopic (exact) mass is 207 g/mol. The number of rotatable bonds is 4. The maximum absolute atomic E-state index is 8.99. The molecule has 0 fully saturated rings. The fraction of sp³-hybridized carbons (Fsp3) is 0.538. The van der Waals surface area contributed by atoms with Crippen molar-refractivity contribution in [3.63, 3.8) is 0 Å². The number of nitrogens with one attached hydrogen (secondary N) is 1. The first-order valence-corrected chi connectivity index (χ1v) is 5.48. The van der Waals surface area contributed by atoms with E-state index in [9.17, 15) is 0 Å². The lowest BCUT2D eigenvalue weighted by Gasteiger charge is -2.20. The van der Waals surface area contributed by atoms with Crippen LogP contribution in [0.2, 0.25) is 0 Å². The van der Waals surface area contributed by atoms with Crippen LogP contribution in [0.1, 0.15) is 36.6 Å². The molecule has 0 saturated heterocycles. The summed E-state index contributed by atoms with van der Waals surface area (Å²) in [6.07, 6.45) is 0. The van der Waals surface area contributed by atoms with Gasteiger partial charge in [-0.1, -0.05) is 23.8 Å². The van der Waals surface area contributed by atoms with E-state index in [0.29, 0.717) is 0 Å². The van der Waals surface area contributed by atoms with Crippen LogP contribution >= 0.6 is 0 Å². The SMILES string of the molecule is Cc1ccc(C)c(C(C)N[C@@H](C)CO)c1. The highest BCUT2D eigenvalue weighted by Crippen LogP contribution is 2.19. The van der Waals surface area contributed by atoms with Gasteiger partial charge in [0.1, 0.15) is 0 Å². The van der Waals surface area contributed by atoms with Crippen LogP contribution in [0.25, 0.3) is 0 Å². The second-order valence-corrected chi connectivity index (χ2v) is 4.33. The molecule has 0 aromatic heterocycles. The van der Waals surface area contributed by atoms with Crippen molar-refractivity contribution in [3.05, 3.63) is 34.9 Å². The summed E-state index contributed by atoms with van der Waals surface area (Å²) in [4.78, 5) is 0. The van der Waals surface area contributed by atoms with Crippen LogP contribution in [0.4, 0.5) is 0 Å². The van der Waals surface area contributed by atoms with E-state index in [0.717, 1.165) is 0 Å². The van der Waals surface area contributed by atoms with Crippen LogP contribution < -0.4 is 5.32 Å². The minimum absolute atomic E-state index is 0.139. The molecule has 0 radical (unpaired) electrons.